The fourth-order valence-corrected chi connectivity index (χ4v) is 1.79. The lowest BCUT2D eigenvalue weighted by atomic mass is 10.0. The van der Waals surface area contributed by atoms with E-state index in [1.165, 1.54) is 19.1 Å². The van der Waals surface area contributed by atoms with E-state index in [9.17, 15) is 13.6 Å². The number of benzene rings is 1. The molecule has 0 saturated heterocycles. The molecule has 1 rings (SSSR count). The lowest BCUT2D eigenvalue weighted by Gasteiger charge is -2.15. The van der Waals surface area contributed by atoms with Gasteiger partial charge in [-0.1, -0.05) is 0 Å². The fraction of sp³-hybridized carbons (Fsp3) is 0.500. The predicted octanol–water partition coefficient (Wildman–Crippen LogP) is 2.45. The molecule has 0 saturated carbocycles. The summed E-state index contributed by atoms with van der Waals surface area (Å²) in [5.74, 6) is -0.913. The topological polar surface area (TPSA) is 41.1 Å². The largest absolute Gasteiger partial charge is 0.356 e. The van der Waals surface area contributed by atoms with Gasteiger partial charge >= 0.3 is 0 Å². The molecule has 2 N–H and O–H groups in total. The molecule has 1 amide bonds. The zero-order valence-corrected chi connectivity index (χ0v) is 11.5. The van der Waals surface area contributed by atoms with Crippen LogP contribution in [0.4, 0.5) is 8.78 Å². The second-order valence-corrected chi connectivity index (χ2v) is 4.50. The van der Waals surface area contributed by atoms with E-state index in [0.29, 0.717) is 19.5 Å². The molecule has 0 bridgehead atoms. The van der Waals surface area contributed by atoms with Crippen LogP contribution in [0.5, 0.6) is 0 Å². The van der Waals surface area contributed by atoms with Crippen molar-refractivity contribution in [3.8, 4) is 0 Å². The quantitative estimate of drug-likeness (QED) is 0.833. The van der Waals surface area contributed by atoms with E-state index in [1.54, 1.807) is 6.92 Å². The van der Waals surface area contributed by atoms with E-state index in [0.717, 1.165) is 0 Å². The van der Waals surface area contributed by atoms with Crippen LogP contribution >= 0.6 is 0 Å². The van der Waals surface area contributed by atoms with Crippen molar-refractivity contribution in [2.45, 2.75) is 33.2 Å². The Labute approximate surface area is 112 Å². The normalized spacial score (nSPS) is 12.3. The number of halogens is 2. The summed E-state index contributed by atoms with van der Waals surface area (Å²) >= 11 is 0. The van der Waals surface area contributed by atoms with Crippen molar-refractivity contribution in [3.63, 3.8) is 0 Å². The third kappa shape index (κ3) is 4.59. The van der Waals surface area contributed by atoms with Gasteiger partial charge in [0.2, 0.25) is 5.91 Å². The smallest absolute Gasteiger partial charge is 0.221 e. The van der Waals surface area contributed by atoms with Crippen molar-refractivity contribution >= 4 is 5.91 Å². The van der Waals surface area contributed by atoms with E-state index in [1.807, 2.05) is 6.92 Å². The first-order chi connectivity index (χ1) is 8.95. The molecule has 0 spiro atoms. The molecule has 0 aromatic heterocycles. The number of carbonyl (C=O) groups excluding carboxylic acids is 1. The van der Waals surface area contributed by atoms with Gasteiger partial charge in [-0.3, -0.25) is 4.79 Å². The van der Waals surface area contributed by atoms with Crippen LogP contribution in [0.1, 0.15) is 37.4 Å². The first-order valence-electron chi connectivity index (χ1n) is 6.41. The summed E-state index contributed by atoms with van der Waals surface area (Å²) in [6.07, 6.45) is 0.314. The van der Waals surface area contributed by atoms with Gasteiger partial charge in [-0.05, 0) is 38.5 Å². The Balaban J connectivity index is 2.56. The summed E-state index contributed by atoms with van der Waals surface area (Å²) in [7, 11) is 0. The Kier molecular flexibility index (Phi) is 5.89. The molecule has 0 radical (unpaired) electrons. The van der Waals surface area contributed by atoms with Crippen LogP contribution in [0.3, 0.4) is 0 Å². The maximum absolute atomic E-state index is 13.7. The number of amides is 1. The summed E-state index contributed by atoms with van der Waals surface area (Å²) in [6, 6.07) is 2.05. The minimum absolute atomic E-state index is 0.0576. The Bertz CT molecular complexity index is 449. The van der Waals surface area contributed by atoms with Crippen LogP contribution in [0.15, 0.2) is 12.1 Å². The zero-order valence-electron chi connectivity index (χ0n) is 11.5. The average molecular weight is 270 g/mol. The van der Waals surface area contributed by atoms with E-state index in [-0.39, 0.29) is 23.1 Å². The number of hydrogen-bond donors (Lipinski definition) is 2. The third-order valence-corrected chi connectivity index (χ3v) is 2.92. The van der Waals surface area contributed by atoms with Gasteiger partial charge in [0.1, 0.15) is 11.6 Å². The molecule has 0 heterocycles. The second-order valence-electron chi connectivity index (χ2n) is 4.50. The van der Waals surface area contributed by atoms with Crippen LogP contribution in [-0.2, 0) is 4.79 Å². The maximum Gasteiger partial charge on any atom is 0.221 e. The Morgan fingerprint density at radius 2 is 2.00 bits per heavy atom. The van der Waals surface area contributed by atoms with Crippen LogP contribution in [0.2, 0.25) is 0 Å². The Morgan fingerprint density at radius 3 is 2.63 bits per heavy atom. The molecule has 1 atom stereocenters. The molecule has 0 fully saturated rings. The Hall–Kier alpha value is -1.49. The van der Waals surface area contributed by atoms with Crippen molar-refractivity contribution in [2.75, 3.05) is 13.1 Å². The molecule has 5 heteroatoms. The van der Waals surface area contributed by atoms with Gasteiger partial charge in [0.25, 0.3) is 0 Å². The average Bonchev–Trinajstić information content (AvgIpc) is 2.34. The summed E-state index contributed by atoms with van der Waals surface area (Å²) < 4.78 is 27.1. The van der Waals surface area contributed by atoms with Gasteiger partial charge in [0.15, 0.2) is 0 Å². The lowest BCUT2D eigenvalue weighted by Crippen LogP contribution is -2.28. The van der Waals surface area contributed by atoms with E-state index >= 15 is 0 Å². The summed E-state index contributed by atoms with van der Waals surface area (Å²) in [6.45, 7) is 6.12. The van der Waals surface area contributed by atoms with Crippen molar-refractivity contribution in [1.82, 2.24) is 10.6 Å². The highest BCUT2D eigenvalue weighted by atomic mass is 19.1. The number of nitrogens with one attached hydrogen (secondary N) is 2. The first-order valence-corrected chi connectivity index (χ1v) is 6.41. The van der Waals surface area contributed by atoms with E-state index in [4.69, 9.17) is 0 Å². The molecular weight excluding hydrogens is 250 g/mol. The molecule has 0 aliphatic carbocycles. The van der Waals surface area contributed by atoms with Gasteiger partial charge in [-0.2, -0.15) is 0 Å². The first kappa shape index (κ1) is 15.6. The SMILES string of the molecule is CCNC(=O)CCNC(C)c1cc(F)c(C)cc1F. The van der Waals surface area contributed by atoms with Gasteiger partial charge in [-0.25, -0.2) is 8.78 Å². The molecule has 3 nitrogen and oxygen atoms in total. The molecule has 0 aliphatic heterocycles. The fourth-order valence-electron chi connectivity index (χ4n) is 1.79. The van der Waals surface area contributed by atoms with Crippen molar-refractivity contribution in [3.05, 3.63) is 34.9 Å². The van der Waals surface area contributed by atoms with Crippen LogP contribution in [-0.4, -0.2) is 19.0 Å². The van der Waals surface area contributed by atoms with Crippen molar-refractivity contribution < 1.29 is 13.6 Å². The molecule has 19 heavy (non-hydrogen) atoms. The van der Waals surface area contributed by atoms with Crippen LogP contribution in [0.25, 0.3) is 0 Å². The molecule has 1 aromatic rings. The maximum atomic E-state index is 13.7. The standard InChI is InChI=1S/C14H20F2N2O/c1-4-17-14(19)5-6-18-10(3)11-8-12(15)9(2)7-13(11)16/h7-8,10,18H,4-6H2,1-3H3,(H,17,19). The Morgan fingerprint density at radius 1 is 1.32 bits per heavy atom. The second kappa shape index (κ2) is 7.19. The van der Waals surface area contributed by atoms with Gasteiger partial charge < -0.3 is 10.6 Å². The van der Waals surface area contributed by atoms with E-state index < -0.39 is 11.6 Å². The van der Waals surface area contributed by atoms with Crippen LogP contribution in [0, 0.1) is 18.6 Å². The summed E-state index contributed by atoms with van der Waals surface area (Å²) in [4.78, 5) is 11.2. The van der Waals surface area contributed by atoms with E-state index in [2.05, 4.69) is 10.6 Å². The van der Waals surface area contributed by atoms with Gasteiger partial charge in [-0.15, -0.1) is 0 Å². The van der Waals surface area contributed by atoms with Crippen molar-refractivity contribution in [2.24, 2.45) is 0 Å². The number of aryl methyl sites for hydroxylation is 1. The summed E-state index contributed by atoms with van der Waals surface area (Å²) in [5, 5.41) is 5.68. The molecule has 1 unspecified atom stereocenters. The highest BCUT2D eigenvalue weighted by Gasteiger charge is 2.13. The highest BCUT2D eigenvalue weighted by molar-refractivity contribution is 5.75. The lowest BCUT2D eigenvalue weighted by molar-refractivity contribution is -0.120. The van der Waals surface area contributed by atoms with Gasteiger partial charge in [0, 0.05) is 31.1 Å². The zero-order chi connectivity index (χ0) is 14.4. The van der Waals surface area contributed by atoms with Gasteiger partial charge in [0.05, 0.1) is 0 Å². The number of hydrogen-bond acceptors (Lipinski definition) is 2. The van der Waals surface area contributed by atoms with Crippen LogP contribution < -0.4 is 10.6 Å². The molecule has 0 aliphatic rings. The molecule has 106 valence electrons. The molecular formula is C14H20F2N2O. The monoisotopic (exact) mass is 270 g/mol. The summed E-state index contributed by atoms with van der Waals surface area (Å²) in [5.41, 5.74) is 0.565. The minimum Gasteiger partial charge on any atom is -0.356 e. The highest BCUT2D eigenvalue weighted by Crippen LogP contribution is 2.20. The number of rotatable bonds is 6. The third-order valence-electron chi connectivity index (χ3n) is 2.92. The predicted molar refractivity (Wildman–Crippen MR) is 70.8 cm³/mol. The minimum atomic E-state index is -0.433. The van der Waals surface area contributed by atoms with Crippen molar-refractivity contribution in [1.29, 1.82) is 0 Å². The number of carbonyl (C=O) groups is 1. The molecule has 1 aromatic carbocycles.